The van der Waals surface area contributed by atoms with Gasteiger partial charge in [0.15, 0.2) is 5.82 Å². The second-order valence-electron chi connectivity index (χ2n) is 4.05. The number of nitrogens with zero attached hydrogens (tertiary/aromatic N) is 2. The minimum atomic E-state index is -0.738. The predicted molar refractivity (Wildman–Crippen MR) is 61.6 cm³/mol. The molecule has 0 aliphatic rings. The summed E-state index contributed by atoms with van der Waals surface area (Å²) in [6, 6.07) is 1.78. The first-order chi connectivity index (χ1) is 8.52. The summed E-state index contributed by atoms with van der Waals surface area (Å²) < 4.78 is 31.7. The van der Waals surface area contributed by atoms with E-state index < -0.39 is 11.6 Å². The van der Waals surface area contributed by atoms with Gasteiger partial charge in [-0.05, 0) is 25.0 Å². The van der Waals surface area contributed by atoms with Crippen LogP contribution in [0.1, 0.15) is 30.8 Å². The molecular weight excluding hydrogens is 240 g/mol. The van der Waals surface area contributed by atoms with E-state index in [1.165, 1.54) is 13.0 Å². The predicted octanol–water partition coefficient (Wildman–Crippen LogP) is 2.73. The fourth-order valence-corrected chi connectivity index (χ4v) is 1.50. The molecule has 1 heterocycles. The van der Waals surface area contributed by atoms with Gasteiger partial charge in [0.2, 0.25) is 0 Å². The highest BCUT2D eigenvalue weighted by atomic mass is 19.1. The summed E-state index contributed by atoms with van der Waals surface area (Å²) in [5, 5.41) is 3.69. The standard InChI is InChI=1S/C12H13F2N3O/c1-3-10(15)11-16-12(18-17-11)7-4-6(2)8(13)5-9(7)14/h4-5,10H,3,15H2,1-2H3. The molecule has 0 bridgehead atoms. The molecule has 0 saturated heterocycles. The van der Waals surface area contributed by atoms with Crippen LogP contribution in [0.3, 0.4) is 0 Å². The third-order valence-corrected chi connectivity index (χ3v) is 2.69. The molecule has 4 nitrogen and oxygen atoms in total. The van der Waals surface area contributed by atoms with E-state index >= 15 is 0 Å². The van der Waals surface area contributed by atoms with E-state index in [2.05, 4.69) is 10.1 Å². The molecule has 2 aromatic rings. The van der Waals surface area contributed by atoms with Crippen molar-refractivity contribution in [2.24, 2.45) is 5.73 Å². The molecule has 18 heavy (non-hydrogen) atoms. The van der Waals surface area contributed by atoms with Crippen LogP contribution in [-0.4, -0.2) is 10.1 Å². The van der Waals surface area contributed by atoms with E-state index in [1.54, 1.807) is 0 Å². The number of aromatic nitrogens is 2. The fourth-order valence-electron chi connectivity index (χ4n) is 1.50. The second kappa shape index (κ2) is 4.81. The van der Waals surface area contributed by atoms with Gasteiger partial charge in [0, 0.05) is 6.07 Å². The van der Waals surface area contributed by atoms with Gasteiger partial charge in [-0.2, -0.15) is 4.98 Å². The normalized spacial score (nSPS) is 12.7. The minimum Gasteiger partial charge on any atom is -0.334 e. The average molecular weight is 253 g/mol. The van der Waals surface area contributed by atoms with Crippen LogP contribution >= 0.6 is 0 Å². The molecule has 0 aliphatic carbocycles. The summed E-state index contributed by atoms with van der Waals surface area (Å²) in [5.41, 5.74) is 6.13. The number of hydrogen-bond donors (Lipinski definition) is 1. The Morgan fingerprint density at radius 1 is 1.33 bits per heavy atom. The summed E-state index contributed by atoms with van der Waals surface area (Å²) >= 11 is 0. The molecule has 1 aromatic carbocycles. The average Bonchev–Trinajstić information content (AvgIpc) is 2.82. The van der Waals surface area contributed by atoms with Gasteiger partial charge in [-0.1, -0.05) is 12.1 Å². The lowest BCUT2D eigenvalue weighted by Gasteiger charge is -2.01. The molecule has 0 amide bonds. The van der Waals surface area contributed by atoms with Gasteiger partial charge < -0.3 is 10.3 Å². The minimum absolute atomic E-state index is 0.00880. The maximum Gasteiger partial charge on any atom is 0.260 e. The van der Waals surface area contributed by atoms with Crippen LogP contribution in [0.5, 0.6) is 0 Å². The van der Waals surface area contributed by atoms with Crippen molar-refractivity contribution < 1.29 is 13.3 Å². The molecular formula is C12H13F2N3O. The number of halogens is 2. The Hall–Kier alpha value is -1.82. The van der Waals surface area contributed by atoms with Crippen molar-refractivity contribution in [3.8, 4) is 11.5 Å². The zero-order valence-electron chi connectivity index (χ0n) is 10.1. The molecule has 1 aromatic heterocycles. The van der Waals surface area contributed by atoms with Gasteiger partial charge in [0.1, 0.15) is 11.6 Å². The molecule has 2 N–H and O–H groups in total. The van der Waals surface area contributed by atoms with E-state index in [0.717, 1.165) is 6.07 Å². The van der Waals surface area contributed by atoms with E-state index in [1.807, 2.05) is 6.92 Å². The Morgan fingerprint density at radius 2 is 2.06 bits per heavy atom. The number of benzene rings is 1. The highest BCUT2D eigenvalue weighted by Gasteiger charge is 2.17. The Labute approximate surface area is 103 Å². The number of aryl methyl sites for hydroxylation is 1. The highest BCUT2D eigenvalue weighted by Crippen LogP contribution is 2.25. The molecule has 0 fully saturated rings. The van der Waals surface area contributed by atoms with Crippen LogP contribution in [-0.2, 0) is 0 Å². The topological polar surface area (TPSA) is 64.9 Å². The van der Waals surface area contributed by atoms with Gasteiger partial charge in [0.25, 0.3) is 5.89 Å². The summed E-state index contributed by atoms with van der Waals surface area (Å²) in [6.07, 6.45) is 0.643. The van der Waals surface area contributed by atoms with Crippen molar-refractivity contribution in [3.63, 3.8) is 0 Å². The molecule has 0 saturated carbocycles. The first kappa shape index (κ1) is 12.6. The van der Waals surface area contributed by atoms with Crippen LogP contribution in [0.15, 0.2) is 16.7 Å². The molecule has 96 valence electrons. The summed E-state index contributed by atoms with van der Waals surface area (Å²) in [7, 11) is 0. The molecule has 6 heteroatoms. The van der Waals surface area contributed by atoms with Gasteiger partial charge in [-0.25, -0.2) is 8.78 Å². The number of hydrogen-bond acceptors (Lipinski definition) is 4. The van der Waals surface area contributed by atoms with Crippen molar-refractivity contribution in [3.05, 3.63) is 35.2 Å². The van der Waals surface area contributed by atoms with E-state index in [-0.39, 0.29) is 17.5 Å². The van der Waals surface area contributed by atoms with Crippen molar-refractivity contribution in [1.29, 1.82) is 0 Å². The van der Waals surface area contributed by atoms with Gasteiger partial charge in [-0.3, -0.25) is 0 Å². The molecule has 0 spiro atoms. The van der Waals surface area contributed by atoms with Crippen LogP contribution in [0.25, 0.3) is 11.5 Å². The van der Waals surface area contributed by atoms with Crippen LogP contribution in [0, 0.1) is 18.6 Å². The Bertz CT molecular complexity index is 568. The van der Waals surface area contributed by atoms with E-state index in [4.69, 9.17) is 10.3 Å². The third kappa shape index (κ3) is 2.24. The van der Waals surface area contributed by atoms with Crippen LogP contribution < -0.4 is 5.73 Å². The quantitative estimate of drug-likeness (QED) is 0.913. The monoisotopic (exact) mass is 253 g/mol. The number of rotatable bonds is 3. The zero-order valence-corrected chi connectivity index (χ0v) is 10.1. The fraction of sp³-hybridized carbons (Fsp3) is 0.333. The SMILES string of the molecule is CCC(N)c1noc(-c2cc(C)c(F)cc2F)n1. The third-order valence-electron chi connectivity index (χ3n) is 2.69. The van der Waals surface area contributed by atoms with Gasteiger partial charge in [0.05, 0.1) is 11.6 Å². The van der Waals surface area contributed by atoms with E-state index in [9.17, 15) is 8.78 Å². The smallest absolute Gasteiger partial charge is 0.260 e. The maximum atomic E-state index is 13.6. The van der Waals surface area contributed by atoms with Crippen molar-refractivity contribution in [2.75, 3.05) is 0 Å². The van der Waals surface area contributed by atoms with Crippen molar-refractivity contribution >= 4 is 0 Å². The summed E-state index contributed by atoms with van der Waals surface area (Å²) in [6.45, 7) is 3.41. The zero-order chi connectivity index (χ0) is 13.3. The largest absolute Gasteiger partial charge is 0.334 e. The summed E-state index contributed by atoms with van der Waals surface area (Å²) in [5.74, 6) is -1.03. The molecule has 1 atom stereocenters. The van der Waals surface area contributed by atoms with Crippen LogP contribution in [0.4, 0.5) is 8.78 Å². The lowest BCUT2D eigenvalue weighted by atomic mass is 10.1. The van der Waals surface area contributed by atoms with E-state index in [0.29, 0.717) is 17.8 Å². The molecule has 1 unspecified atom stereocenters. The molecule has 0 radical (unpaired) electrons. The van der Waals surface area contributed by atoms with Crippen molar-refractivity contribution in [2.45, 2.75) is 26.3 Å². The van der Waals surface area contributed by atoms with Crippen LogP contribution in [0.2, 0.25) is 0 Å². The lowest BCUT2D eigenvalue weighted by molar-refractivity contribution is 0.413. The molecule has 0 aliphatic heterocycles. The van der Waals surface area contributed by atoms with Gasteiger partial charge in [-0.15, -0.1) is 0 Å². The lowest BCUT2D eigenvalue weighted by Crippen LogP contribution is -2.10. The Kier molecular flexibility index (Phi) is 3.38. The Balaban J connectivity index is 2.43. The highest BCUT2D eigenvalue weighted by molar-refractivity contribution is 5.55. The second-order valence-corrected chi connectivity index (χ2v) is 4.05. The Morgan fingerprint density at radius 3 is 2.72 bits per heavy atom. The molecule has 2 rings (SSSR count). The summed E-state index contributed by atoms with van der Waals surface area (Å²) in [4.78, 5) is 4.02. The first-order valence-electron chi connectivity index (χ1n) is 5.58. The first-order valence-corrected chi connectivity index (χ1v) is 5.58. The number of nitrogens with two attached hydrogens (primary N) is 1. The maximum absolute atomic E-state index is 13.6. The van der Waals surface area contributed by atoms with Gasteiger partial charge >= 0.3 is 0 Å². The van der Waals surface area contributed by atoms with Crippen molar-refractivity contribution in [1.82, 2.24) is 10.1 Å².